The van der Waals surface area contributed by atoms with Crippen LogP contribution in [0.15, 0.2) is 79.0 Å². The van der Waals surface area contributed by atoms with E-state index < -0.39 is 0 Å². The van der Waals surface area contributed by atoms with Gasteiger partial charge in [0.25, 0.3) is 5.91 Å². The standard InChI is InChI=1S/C33H37N3O6/c1-23(37)36(20-25-8-4-7-11-31(25)40-2)21-27(18-26-19-34-30-10-6-5-9-29(26)30)35-32(38)22-42-28-15-12-24(13-16-28)14-17-33(39)41-3/h4-13,15-16,19,27,34H,14,17-18,20-22H2,1-3H3,(H,35,38)/t27-/m1/s1. The SMILES string of the molecule is COC(=O)CCc1ccc(OCC(=O)N[C@H](Cc2c[nH]c3ccccc23)CN(Cc2ccccc2OC)C(C)=O)cc1. The second kappa shape index (κ2) is 14.7. The Labute approximate surface area is 245 Å². The number of carbonyl (C=O) groups excluding carboxylic acids is 3. The Morgan fingerprint density at radius 2 is 1.67 bits per heavy atom. The van der Waals surface area contributed by atoms with Gasteiger partial charge in [-0.3, -0.25) is 14.4 Å². The smallest absolute Gasteiger partial charge is 0.305 e. The van der Waals surface area contributed by atoms with E-state index in [1.807, 2.05) is 66.9 Å². The van der Waals surface area contributed by atoms with E-state index in [0.717, 1.165) is 27.6 Å². The number of fused-ring (bicyclic) bond motifs is 1. The van der Waals surface area contributed by atoms with Crippen LogP contribution in [0.5, 0.6) is 11.5 Å². The molecule has 1 heterocycles. The molecule has 0 saturated carbocycles. The molecule has 0 aliphatic rings. The molecular weight excluding hydrogens is 534 g/mol. The summed E-state index contributed by atoms with van der Waals surface area (Å²) in [6.45, 7) is 1.99. The number of aromatic nitrogens is 1. The number of aromatic amines is 1. The number of ether oxygens (including phenoxy) is 3. The van der Waals surface area contributed by atoms with Gasteiger partial charge >= 0.3 is 5.97 Å². The van der Waals surface area contributed by atoms with Crippen molar-refractivity contribution in [2.24, 2.45) is 0 Å². The van der Waals surface area contributed by atoms with Crippen LogP contribution in [0.25, 0.3) is 10.9 Å². The second-order valence-corrected chi connectivity index (χ2v) is 10.0. The van der Waals surface area contributed by atoms with Gasteiger partial charge in [0, 0.05) is 49.1 Å². The Bertz CT molecular complexity index is 1500. The zero-order valence-corrected chi connectivity index (χ0v) is 24.2. The molecule has 0 bridgehead atoms. The molecule has 0 fully saturated rings. The first kappa shape index (κ1) is 30.2. The average Bonchev–Trinajstić information content (AvgIpc) is 3.41. The molecule has 2 N–H and O–H groups in total. The number of para-hydroxylation sites is 2. The molecule has 4 rings (SSSR count). The highest BCUT2D eigenvalue weighted by Gasteiger charge is 2.22. The van der Waals surface area contributed by atoms with Gasteiger partial charge in [-0.1, -0.05) is 48.5 Å². The van der Waals surface area contributed by atoms with E-state index in [4.69, 9.17) is 9.47 Å². The predicted octanol–water partition coefficient (Wildman–Crippen LogP) is 4.44. The minimum Gasteiger partial charge on any atom is -0.496 e. The zero-order chi connectivity index (χ0) is 29.9. The van der Waals surface area contributed by atoms with Crippen LogP contribution < -0.4 is 14.8 Å². The van der Waals surface area contributed by atoms with Crippen molar-refractivity contribution in [1.29, 1.82) is 0 Å². The number of carbonyl (C=O) groups is 3. The van der Waals surface area contributed by atoms with Crippen LogP contribution >= 0.6 is 0 Å². The van der Waals surface area contributed by atoms with Crippen molar-refractivity contribution in [3.63, 3.8) is 0 Å². The molecule has 3 aromatic carbocycles. The van der Waals surface area contributed by atoms with Crippen molar-refractivity contribution in [2.45, 2.75) is 38.8 Å². The summed E-state index contributed by atoms with van der Waals surface area (Å²) in [5.74, 6) is 0.575. The molecule has 42 heavy (non-hydrogen) atoms. The zero-order valence-electron chi connectivity index (χ0n) is 24.2. The number of hydrogen-bond donors (Lipinski definition) is 2. The molecule has 4 aromatic rings. The maximum Gasteiger partial charge on any atom is 0.305 e. The fourth-order valence-electron chi connectivity index (χ4n) is 4.86. The fraction of sp³-hybridized carbons (Fsp3) is 0.303. The van der Waals surface area contributed by atoms with Crippen LogP contribution in [0, 0.1) is 0 Å². The normalized spacial score (nSPS) is 11.5. The van der Waals surface area contributed by atoms with E-state index in [2.05, 4.69) is 15.0 Å². The topological polar surface area (TPSA) is 110 Å². The third kappa shape index (κ3) is 8.36. The number of methoxy groups -OCH3 is 2. The molecule has 0 aliphatic heterocycles. The lowest BCUT2D eigenvalue weighted by molar-refractivity contribution is -0.140. The van der Waals surface area contributed by atoms with Crippen molar-refractivity contribution in [1.82, 2.24) is 15.2 Å². The number of nitrogens with zero attached hydrogens (tertiary/aromatic N) is 1. The van der Waals surface area contributed by atoms with Crippen LogP contribution in [-0.2, 0) is 38.5 Å². The highest BCUT2D eigenvalue weighted by Crippen LogP contribution is 2.22. The second-order valence-electron chi connectivity index (χ2n) is 10.0. The van der Waals surface area contributed by atoms with Gasteiger partial charge in [0.2, 0.25) is 5.91 Å². The van der Waals surface area contributed by atoms with Gasteiger partial charge in [-0.05, 0) is 48.2 Å². The van der Waals surface area contributed by atoms with E-state index in [0.29, 0.717) is 43.9 Å². The molecule has 1 atom stereocenters. The number of nitrogens with one attached hydrogen (secondary N) is 2. The Morgan fingerprint density at radius 1 is 0.929 bits per heavy atom. The Kier molecular flexibility index (Phi) is 10.6. The first-order valence-corrected chi connectivity index (χ1v) is 13.9. The molecule has 9 heteroatoms. The molecule has 220 valence electrons. The average molecular weight is 572 g/mol. The number of benzene rings is 3. The van der Waals surface area contributed by atoms with Crippen LogP contribution in [0.2, 0.25) is 0 Å². The Hall–Kier alpha value is -4.79. The molecule has 9 nitrogen and oxygen atoms in total. The number of hydrogen-bond acceptors (Lipinski definition) is 6. The van der Waals surface area contributed by atoms with Crippen molar-refractivity contribution < 1.29 is 28.6 Å². The lowest BCUT2D eigenvalue weighted by Crippen LogP contribution is -2.47. The third-order valence-electron chi connectivity index (χ3n) is 7.08. The number of amides is 2. The predicted molar refractivity (Wildman–Crippen MR) is 160 cm³/mol. The van der Waals surface area contributed by atoms with Gasteiger partial charge in [0.15, 0.2) is 6.61 Å². The molecule has 0 aliphatic carbocycles. The third-order valence-corrected chi connectivity index (χ3v) is 7.08. The lowest BCUT2D eigenvalue weighted by atomic mass is 10.0. The van der Waals surface area contributed by atoms with Crippen LogP contribution in [-0.4, -0.2) is 61.1 Å². The first-order chi connectivity index (χ1) is 20.4. The van der Waals surface area contributed by atoms with Crippen LogP contribution in [0.3, 0.4) is 0 Å². The van der Waals surface area contributed by atoms with Gasteiger partial charge in [-0.2, -0.15) is 0 Å². The highest BCUT2D eigenvalue weighted by molar-refractivity contribution is 5.83. The van der Waals surface area contributed by atoms with E-state index in [9.17, 15) is 14.4 Å². The summed E-state index contributed by atoms with van der Waals surface area (Å²) in [5.41, 5.74) is 3.90. The molecule has 0 radical (unpaired) electrons. The molecule has 0 spiro atoms. The number of H-pyrrole nitrogens is 1. The monoisotopic (exact) mass is 571 g/mol. The summed E-state index contributed by atoms with van der Waals surface area (Å²) in [4.78, 5) is 42.2. The summed E-state index contributed by atoms with van der Waals surface area (Å²) in [6.07, 6.45) is 3.32. The van der Waals surface area contributed by atoms with Crippen molar-refractivity contribution >= 4 is 28.7 Å². The fourth-order valence-corrected chi connectivity index (χ4v) is 4.86. The summed E-state index contributed by atoms with van der Waals surface area (Å²) >= 11 is 0. The summed E-state index contributed by atoms with van der Waals surface area (Å²) in [6, 6.07) is 22.5. The lowest BCUT2D eigenvalue weighted by Gasteiger charge is -2.28. The van der Waals surface area contributed by atoms with Crippen molar-refractivity contribution in [2.75, 3.05) is 27.4 Å². The minimum atomic E-state index is -0.375. The van der Waals surface area contributed by atoms with E-state index in [1.54, 1.807) is 24.1 Å². The van der Waals surface area contributed by atoms with Crippen molar-refractivity contribution in [3.05, 3.63) is 95.7 Å². The van der Waals surface area contributed by atoms with Gasteiger partial charge in [0.05, 0.1) is 20.3 Å². The maximum atomic E-state index is 13.1. The first-order valence-electron chi connectivity index (χ1n) is 13.9. The quantitative estimate of drug-likeness (QED) is 0.217. The minimum absolute atomic E-state index is 0.109. The van der Waals surface area contributed by atoms with Crippen LogP contribution in [0.1, 0.15) is 30.0 Å². The Balaban J connectivity index is 1.45. The highest BCUT2D eigenvalue weighted by atomic mass is 16.5. The van der Waals surface area contributed by atoms with Gasteiger partial charge < -0.3 is 29.4 Å². The van der Waals surface area contributed by atoms with E-state index in [1.165, 1.54) is 14.0 Å². The molecule has 0 unspecified atom stereocenters. The van der Waals surface area contributed by atoms with Crippen LogP contribution in [0.4, 0.5) is 0 Å². The van der Waals surface area contributed by atoms with Gasteiger partial charge in [-0.25, -0.2) is 0 Å². The maximum absolute atomic E-state index is 13.1. The van der Waals surface area contributed by atoms with Gasteiger partial charge in [0.1, 0.15) is 11.5 Å². The largest absolute Gasteiger partial charge is 0.496 e. The molecule has 1 aromatic heterocycles. The molecule has 2 amide bonds. The summed E-state index contributed by atoms with van der Waals surface area (Å²) in [5, 5.41) is 4.16. The molecular formula is C33H37N3O6. The van der Waals surface area contributed by atoms with E-state index in [-0.39, 0.29) is 30.4 Å². The van der Waals surface area contributed by atoms with E-state index >= 15 is 0 Å². The number of aryl methyl sites for hydroxylation is 1. The Morgan fingerprint density at radius 3 is 2.40 bits per heavy atom. The summed E-state index contributed by atoms with van der Waals surface area (Å²) < 4.78 is 15.9. The van der Waals surface area contributed by atoms with Crippen molar-refractivity contribution in [3.8, 4) is 11.5 Å². The summed E-state index contributed by atoms with van der Waals surface area (Å²) in [7, 11) is 2.97. The van der Waals surface area contributed by atoms with Gasteiger partial charge in [-0.15, -0.1) is 0 Å². The molecule has 0 saturated heterocycles. The number of esters is 1. The number of rotatable bonds is 14.